The molecule has 7 aromatic carbocycles. The third-order valence-electron chi connectivity index (χ3n) is 12.5. The van der Waals surface area contributed by atoms with E-state index >= 15 is 0 Å². The van der Waals surface area contributed by atoms with Gasteiger partial charge in [0.1, 0.15) is 23.0 Å². The van der Waals surface area contributed by atoms with Gasteiger partial charge >= 0.3 is 0 Å². The third kappa shape index (κ3) is 4.13. The summed E-state index contributed by atoms with van der Waals surface area (Å²) in [6.07, 6.45) is 0. The number of fused-ring (bicyclic) bond motifs is 14. The van der Waals surface area contributed by atoms with E-state index in [1.54, 1.807) is 0 Å². The zero-order valence-electron chi connectivity index (χ0n) is 31.7. The zero-order chi connectivity index (χ0) is 36.7. The highest BCUT2D eigenvalue weighted by atomic mass is 16.5. The van der Waals surface area contributed by atoms with E-state index in [1.807, 2.05) is 0 Å². The monoisotopic (exact) mass is 696 g/mol. The number of hydrogen-bond donors (Lipinski definition) is 0. The molecule has 0 saturated carbocycles. The molecule has 1 spiro atoms. The number of rotatable bonds is 1. The molecule has 260 valence electrons. The van der Waals surface area contributed by atoms with E-state index in [2.05, 4.69) is 181 Å². The van der Waals surface area contributed by atoms with Crippen LogP contribution in [0.4, 0.5) is 0 Å². The number of benzene rings is 7. The van der Waals surface area contributed by atoms with Gasteiger partial charge in [-0.05, 0) is 113 Å². The fourth-order valence-electron chi connectivity index (χ4n) is 9.99. The summed E-state index contributed by atoms with van der Waals surface area (Å²) in [6.45, 7) is 13.7. The molecule has 0 amide bonds. The molecule has 0 radical (unpaired) electrons. The minimum Gasteiger partial charge on any atom is -0.458 e. The first kappa shape index (κ1) is 31.7. The van der Waals surface area contributed by atoms with E-state index in [0.29, 0.717) is 0 Å². The number of hydrogen-bond acceptors (Lipinski definition) is 2. The molecular weight excluding hydrogens is 655 g/mol. The molecule has 11 rings (SSSR count). The van der Waals surface area contributed by atoms with E-state index in [9.17, 15) is 0 Å². The summed E-state index contributed by atoms with van der Waals surface area (Å²) >= 11 is 0. The molecule has 3 heteroatoms. The Bertz CT molecular complexity index is 2610. The van der Waals surface area contributed by atoms with Crippen LogP contribution >= 0.6 is 0 Å². The van der Waals surface area contributed by atoms with Crippen LogP contribution in [-0.4, -0.2) is 6.71 Å². The van der Waals surface area contributed by atoms with Gasteiger partial charge in [0.05, 0.1) is 5.41 Å². The van der Waals surface area contributed by atoms with Gasteiger partial charge in [-0.3, -0.25) is 0 Å². The maximum atomic E-state index is 7.00. The first-order valence-corrected chi connectivity index (χ1v) is 19.3. The lowest BCUT2D eigenvalue weighted by atomic mass is 9.34. The summed E-state index contributed by atoms with van der Waals surface area (Å²) in [5.74, 6) is 3.56. The van der Waals surface area contributed by atoms with E-state index in [4.69, 9.17) is 9.47 Å². The summed E-state index contributed by atoms with van der Waals surface area (Å²) < 4.78 is 14.0. The Balaban J connectivity index is 1.18. The Labute approximate surface area is 318 Å². The largest absolute Gasteiger partial charge is 0.458 e. The number of ether oxygens (including phenoxy) is 2. The van der Waals surface area contributed by atoms with Crippen LogP contribution in [0.1, 0.15) is 74.9 Å². The van der Waals surface area contributed by atoms with Gasteiger partial charge in [0.15, 0.2) is 0 Å². The highest BCUT2D eigenvalue weighted by Crippen LogP contribution is 2.64. The molecule has 0 saturated heterocycles. The summed E-state index contributed by atoms with van der Waals surface area (Å²) in [4.78, 5) is 0. The standard InChI is InChI=1S/C51H41BO2/c1-49(2,3)31-22-24-43-41(28-31)52-42-29-32(50(4,5)6)23-25-44(42)54-46-27-30(26-45(53-43)48(46)52)33-17-13-18-37-36-16-9-12-21-40(36)51(47(33)37)38-19-10-7-14-34(38)35-15-8-11-20-39(35)51/h7-29H,1-6H3. The molecule has 7 aromatic rings. The van der Waals surface area contributed by atoms with Gasteiger partial charge in [0.25, 0.3) is 6.71 Å². The molecule has 54 heavy (non-hydrogen) atoms. The summed E-state index contributed by atoms with van der Waals surface area (Å²) in [5.41, 5.74) is 18.5. The minimum absolute atomic E-state index is 0.00193. The molecule has 0 fully saturated rings. The lowest BCUT2D eigenvalue weighted by Gasteiger charge is -2.36. The Hall–Kier alpha value is -5.80. The fraction of sp³-hybridized carbons (Fsp3) is 0.176. The van der Waals surface area contributed by atoms with Crippen LogP contribution in [0.3, 0.4) is 0 Å². The fourth-order valence-corrected chi connectivity index (χ4v) is 9.99. The van der Waals surface area contributed by atoms with Crippen molar-refractivity contribution in [2.24, 2.45) is 0 Å². The van der Waals surface area contributed by atoms with Crippen molar-refractivity contribution in [3.8, 4) is 56.4 Å². The minimum atomic E-state index is -0.459. The molecule has 0 unspecified atom stereocenters. The van der Waals surface area contributed by atoms with E-state index in [0.717, 1.165) is 34.0 Å². The highest BCUT2D eigenvalue weighted by molar-refractivity contribution is 6.98. The predicted octanol–water partition coefficient (Wildman–Crippen LogP) is 11.0. The van der Waals surface area contributed by atoms with Crippen molar-refractivity contribution in [1.29, 1.82) is 0 Å². The topological polar surface area (TPSA) is 18.5 Å². The predicted molar refractivity (Wildman–Crippen MR) is 223 cm³/mol. The zero-order valence-corrected chi connectivity index (χ0v) is 31.7. The normalized spacial score (nSPS) is 14.9. The molecule has 2 nitrogen and oxygen atoms in total. The van der Waals surface area contributed by atoms with Crippen molar-refractivity contribution >= 4 is 23.1 Å². The van der Waals surface area contributed by atoms with Gasteiger partial charge in [0.2, 0.25) is 0 Å². The Morgan fingerprint density at radius 3 is 1.33 bits per heavy atom. The van der Waals surface area contributed by atoms with Crippen LogP contribution in [0.25, 0.3) is 33.4 Å². The van der Waals surface area contributed by atoms with Gasteiger partial charge in [-0.25, -0.2) is 0 Å². The van der Waals surface area contributed by atoms with Gasteiger partial charge in [-0.2, -0.15) is 0 Å². The third-order valence-corrected chi connectivity index (χ3v) is 12.5. The SMILES string of the molecule is CC(C)(C)c1ccc2c(c1)B1c3cc(C(C)(C)C)ccc3Oc3cc(-c4cccc5c4C4(c6ccccc6-c6ccccc64)c4ccccc4-5)cc(c31)O2. The van der Waals surface area contributed by atoms with Crippen molar-refractivity contribution in [1.82, 2.24) is 0 Å². The Morgan fingerprint density at radius 1 is 0.426 bits per heavy atom. The van der Waals surface area contributed by atoms with E-state index < -0.39 is 5.41 Å². The summed E-state index contributed by atoms with van der Waals surface area (Å²) in [6, 6.07) is 52.1. The quantitative estimate of drug-likeness (QED) is 0.159. The lowest BCUT2D eigenvalue weighted by molar-refractivity contribution is 0.464. The smallest absolute Gasteiger partial charge is 0.260 e. The lowest BCUT2D eigenvalue weighted by Crippen LogP contribution is -2.57. The van der Waals surface area contributed by atoms with Crippen molar-refractivity contribution < 1.29 is 9.47 Å². The van der Waals surface area contributed by atoms with Crippen molar-refractivity contribution in [3.05, 3.63) is 173 Å². The van der Waals surface area contributed by atoms with Gasteiger partial charge < -0.3 is 9.47 Å². The molecule has 2 aliphatic heterocycles. The average molecular weight is 697 g/mol. The molecule has 2 heterocycles. The Morgan fingerprint density at radius 2 is 0.852 bits per heavy atom. The Kier molecular flexibility index (Phi) is 6.26. The van der Waals surface area contributed by atoms with Crippen molar-refractivity contribution in [2.45, 2.75) is 57.8 Å². The maximum absolute atomic E-state index is 7.00. The van der Waals surface area contributed by atoms with Gasteiger partial charge in [-0.1, -0.05) is 157 Å². The second kappa shape index (κ2) is 10.7. The van der Waals surface area contributed by atoms with Crippen LogP contribution in [0.5, 0.6) is 23.0 Å². The summed E-state index contributed by atoms with van der Waals surface area (Å²) in [7, 11) is 0. The van der Waals surface area contributed by atoms with Crippen molar-refractivity contribution in [3.63, 3.8) is 0 Å². The first-order chi connectivity index (χ1) is 26.0. The highest BCUT2D eigenvalue weighted by Gasteiger charge is 2.53. The molecule has 4 aliphatic rings. The van der Waals surface area contributed by atoms with E-state index in [1.165, 1.54) is 72.1 Å². The second-order valence-corrected chi connectivity index (χ2v) is 17.6. The van der Waals surface area contributed by atoms with Crippen LogP contribution in [0, 0.1) is 0 Å². The molecule has 2 aliphatic carbocycles. The molecule has 0 N–H and O–H groups in total. The van der Waals surface area contributed by atoms with Crippen LogP contribution in [0.2, 0.25) is 0 Å². The molecular formula is C51H41BO2. The van der Waals surface area contributed by atoms with Gasteiger partial charge in [0, 0.05) is 5.46 Å². The molecule has 0 aromatic heterocycles. The first-order valence-electron chi connectivity index (χ1n) is 19.3. The summed E-state index contributed by atoms with van der Waals surface area (Å²) in [5, 5.41) is 0. The molecule has 0 bridgehead atoms. The average Bonchev–Trinajstić information content (AvgIpc) is 3.64. The maximum Gasteiger partial charge on any atom is 0.260 e. The molecule has 0 atom stereocenters. The second-order valence-electron chi connectivity index (χ2n) is 17.6. The van der Waals surface area contributed by atoms with Gasteiger partial charge in [-0.15, -0.1) is 0 Å². The van der Waals surface area contributed by atoms with Crippen LogP contribution in [-0.2, 0) is 16.2 Å². The van der Waals surface area contributed by atoms with Crippen LogP contribution < -0.4 is 25.9 Å². The van der Waals surface area contributed by atoms with Crippen molar-refractivity contribution in [2.75, 3.05) is 0 Å². The van der Waals surface area contributed by atoms with Crippen LogP contribution in [0.15, 0.2) is 140 Å². The van der Waals surface area contributed by atoms with E-state index in [-0.39, 0.29) is 17.5 Å².